The van der Waals surface area contributed by atoms with E-state index < -0.39 is 43.3 Å². The van der Waals surface area contributed by atoms with Crippen molar-refractivity contribution in [2.75, 3.05) is 7.11 Å². The molecular formula is C18H27N3O6S2. The fraction of sp³-hybridized carbons (Fsp3) is 0.611. The van der Waals surface area contributed by atoms with Crippen molar-refractivity contribution >= 4 is 26.0 Å². The molecule has 0 bridgehead atoms. The molecule has 1 aromatic carbocycles. The first kappa shape index (κ1) is 22.0. The molecule has 1 aliphatic heterocycles. The molecule has 1 heterocycles. The maximum Gasteiger partial charge on any atom is 0.280 e. The predicted molar refractivity (Wildman–Crippen MR) is 107 cm³/mol. The Morgan fingerprint density at radius 2 is 1.83 bits per heavy atom. The van der Waals surface area contributed by atoms with Gasteiger partial charge >= 0.3 is 0 Å². The summed E-state index contributed by atoms with van der Waals surface area (Å²) in [4.78, 5) is 12.7. The summed E-state index contributed by atoms with van der Waals surface area (Å²) in [6.07, 6.45) is 1.98. The monoisotopic (exact) mass is 445 g/mol. The summed E-state index contributed by atoms with van der Waals surface area (Å²) in [6, 6.07) is 5.66. The highest BCUT2D eigenvalue weighted by molar-refractivity contribution is 7.90. The Bertz CT molecular complexity index is 960. The molecular weight excluding hydrogens is 418 g/mol. The summed E-state index contributed by atoms with van der Waals surface area (Å²) in [5.74, 6) is -1.11. The van der Waals surface area contributed by atoms with Crippen molar-refractivity contribution in [3.05, 3.63) is 24.3 Å². The van der Waals surface area contributed by atoms with Crippen molar-refractivity contribution < 1.29 is 26.4 Å². The van der Waals surface area contributed by atoms with E-state index >= 15 is 0 Å². The van der Waals surface area contributed by atoms with Crippen LogP contribution in [0.3, 0.4) is 0 Å². The summed E-state index contributed by atoms with van der Waals surface area (Å²) in [5.41, 5.74) is 2.69. The Morgan fingerprint density at radius 1 is 1.21 bits per heavy atom. The van der Waals surface area contributed by atoms with Crippen LogP contribution < -0.4 is 14.9 Å². The molecule has 3 atom stereocenters. The van der Waals surface area contributed by atoms with Crippen LogP contribution in [0.15, 0.2) is 29.2 Å². The third-order valence-corrected chi connectivity index (χ3v) is 9.02. The summed E-state index contributed by atoms with van der Waals surface area (Å²) in [6.45, 7) is 3.17. The van der Waals surface area contributed by atoms with Crippen LogP contribution in [0, 0.1) is 11.8 Å². The molecule has 1 saturated heterocycles. The Morgan fingerprint density at radius 3 is 2.41 bits per heavy atom. The van der Waals surface area contributed by atoms with Gasteiger partial charge in [-0.1, -0.05) is 26.7 Å². The largest absolute Gasteiger partial charge is 0.497 e. The van der Waals surface area contributed by atoms with Crippen molar-refractivity contribution in [1.29, 1.82) is 0 Å². The minimum Gasteiger partial charge on any atom is -0.497 e. The SMILES string of the molecule is COc1ccc(S(=O)(=O)N(NC2NS(=O)(=O)C3CCCCC23)C(=O)C(C)C)cc1. The van der Waals surface area contributed by atoms with Gasteiger partial charge < -0.3 is 4.74 Å². The number of hydrazine groups is 1. The average molecular weight is 446 g/mol. The van der Waals surface area contributed by atoms with Gasteiger partial charge in [-0.3, -0.25) is 4.79 Å². The van der Waals surface area contributed by atoms with Gasteiger partial charge in [0.15, 0.2) is 0 Å². The minimum atomic E-state index is -4.25. The van der Waals surface area contributed by atoms with Crippen LogP contribution in [0.1, 0.15) is 39.5 Å². The van der Waals surface area contributed by atoms with E-state index in [0.717, 1.165) is 12.8 Å². The number of fused-ring (bicyclic) bond motifs is 1. The summed E-state index contributed by atoms with van der Waals surface area (Å²) >= 11 is 0. The molecule has 2 aliphatic rings. The maximum absolute atomic E-state index is 13.2. The second-order valence-electron chi connectivity index (χ2n) is 7.69. The molecule has 9 nitrogen and oxygen atoms in total. The first-order valence-electron chi connectivity index (χ1n) is 9.58. The smallest absolute Gasteiger partial charge is 0.280 e. The van der Waals surface area contributed by atoms with E-state index in [-0.39, 0.29) is 10.8 Å². The number of methoxy groups -OCH3 is 1. The van der Waals surface area contributed by atoms with Crippen LogP contribution >= 0.6 is 0 Å². The van der Waals surface area contributed by atoms with Gasteiger partial charge in [-0.2, -0.15) is 23.0 Å². The minimum absolute atomic E-state index is 0.0964. The lowest BCUT2D eigenvalue weighted by molar-refractivity contribution is -0.132. The van der Waals surface area contributed by atoms with Gasteiger partial charge in [0.2, 0.25) is 10.0 Å². The molecule has 11 heteroatoms. The lowest BCUT2D eigenvalue weighted by Crippen LogP contribution is -2.57. The highest BCUT2D eigenvalue weighted by Crippen LogP contribution is 2.36. The van der Waals surface area contributed by atoms with Crippen LogP contribution in [0.5, 0.6) is 5.75 Å². The summed E-state index contributed by atoms with van der Waals surface area (Å²) in [7, 11) is -6.35. The molecule has 162 valence electrons. The third-order valence-electron chi connectivity index (χ3n) is 5.42. The lowest BCUT2D eigenvalue weighted by atomic mass is 9.87. The van der Waals surface area contributed by atoms with Gasteiger partial charge in [0.1, 0.15) is 5.75 Å². The fourth-order valence-electron chi connectivity index (χ4n) is 3.83. The van der Waals surface area contributed by atoms with Crippen molar-refractivity contribution in [2.24, 2.45) is 11.8 Å². The number of hydrogen-bond donors (Lipinski definition) is 2. The Labute approximate surface area is 171 Å². The van der Waals surface area contributed by atoms with Crippen LogP contribution in [0.2, 0.25) is 0 Å². The number of nitrogens with zero attached hydrogens (tertiary/aromatic N) is 1. The first-order valence-corrected chi connectivity index (χ1v) is 12.6. The van der Waals surface area contributed by atoms with E-state index in [9.17, 15) is 21.6 Å². The van der Waals surface area contributed by atoms with Crippen molar-refractivity contribution in [2.45, 2.75) is 55.8 Å². The highest BCUT2D eigenvalue weighted by atomic mass is 32.2. The van der Waals surface area contributed by atoms with Crippen molar-refractivity contribution in [1.82, 2.24) is 14.6 Å². The van der Waals surface area contributed by atoms with Crippen molar-refractivity contribution in [3.63, 3.8) is 0 Å². The number of ether oxygens (including phenoxy) is 1. The topological polar surface area (TPSA) is 122 Å². The van der Waals surface area contributed by atoms with Crippen LogP contribution in [0.4, 0.5) is 0 Å². The second kappa shape index (κ2) is 8.21. The van der Waals surface area contributed by atoms with E-state index in [4.69, 9.17) is 4.74 Å². The molecule has 3 unspecified atom stereocenters. The molecule has 2 fully saturated rings. The van der Waals surface area contributed by atoms with Gasteiger partial charge in [-0.15, -0.1) is 0 Å². The summed E-state index contributed by atoms with van der Waals surface area (Å²) < 4.78 is 59.5. The van der Waals surface area contributed by atoms with E-state index in [1.54, 1.807) is 13.8 Å². The molecule has 29 heavy (non-hydrogen) atoms. The Kier molecular flexibility index (Phi) is 6.23. The first-order chi connectivity index (χ1) is 13.6. The molecule has 2 N–H and O–H groups in total. The normalized spacial score (nSPS) is 26.1. The number of amides is 1. The van der Waals surface area contributed by atoms with Gasteiger partial charge in [0.05, 0.1) is 23.4 Å². The predicted octanol–water partition coefficient (Wildman–Crippen LogP) is 1.19. The van der Waals surface area contributed by atoms with Crippen LogP contribution in [-0.4, -0.2) is 45.7 Å². The number of benzene rings is 1. The van der Waals surface area contributed by atoms with Gasteiger partial charge in [0.25, 0.3) is 15.9 Å². The molecule has 3 rings (SSSR count). The molecule has 0 aromatic heterocycles. The molecule has 1 saturated carbocycles. The molecule has 0 spiro atoms. The zero-order valence-electron chi connectivity index (χ0n) is 16.7. The van der Waals surface area contributed by atoms with E-state index in [2.05, 4.69) is 10.1 Å². The highest BCUT2D eigenvalue weighted by Gasteiger charge is 2.49. The third kappa shape index (κ3) is 4.27. The van der Waals surface area contributed by atoms with Gasteiger partial charge in [0, 0.05) is 11.8 Å². The number of rotatable bonds is 6. The zero-order chi connectivity index (χ0) is 21.4. The molecule has 1 aromatic rings. The summed E-state index contributed by atoms with van der Waals surface area (Å²) in [5, 5.41) is -0.576. The number of hydrogen-bond acceptors (Lipinski definition) is 7. The maximum atomic E-state index is 13.2. The quantitative estimate of drug-likeness (QED) is 0.631. The number of carbonyl (C=O) groups is 1. The fourth-order valence-corrected chi connectivity index (χ4v) is 7.21. The van der Waals surface area contributed by atoms with E-state index in [1.165, 1.54) is 31.4 Å². The zero-order valence-corrected chi connectivity index (χ0v) is 18.3. The van der Waals surface area contributed by atoms with Crippen LogP contribution in [0.25, 0.3) is 0 Å². The number of carbonyl (C=O) groups excluding carboxylic acids is 1. The van der Waals surface area contributed by atoms with E-state index in [1.807, 2.05) is 0 Å². The second-order valence-corrected chi connectivity index (χ2v) is 11.4. The van der Waals surface area contributed by atoms with E-state index in [0.29, 0.717) is 23.0 Å². The number of sulfonamides is 2. The molecule has 0 radical (unpaired) electrons. The lowest BCUT2D eigenvalue weighted by Gasteiger charge is -2.31. The van der Waals surface area contributed by atoms with Crippen LogP contribution in [-0.2, 0) is 24.8 Å². The standard InChI is InChI=1S/C18H27N3O6S2/c1-12(2)18(22)21(29(25,26)14-10-8-13(27-3)9-11-14)19-17-15-6-4-5-7-16(15)28(23,24)20-17/h8-12,15-17,19-20H,4-7H2,1-3H3. The average Bonchev–Trinajstić information content (AvgIpc) is 2.96. The molecule has 1 amide bonds. The van der Waals surface area contributed by atoms with Gasteiger partial charge in [-0.25, -0.2) is 8.42 Å². The Hall–Kier alpha value is -1.69. The molecule has 1 aliphatic carbocycles. The number of nitrogens with one attached hydrogen (secondary N) is 2. The van der Waals surface area contributed by atoms with Crippen molar-refractivity contribution in [3.8, 4) is 5.75 Å². The Balaban J connectivity index is 1.94. The van der Waals surface area contributed by atoms with Gasteiger partial charge in [-0.05, 0) is 37.1 Å².